The smallest absolute Gasteiger partial charge is 0.194 e. The zero-order valence-electron chi connectivity index (χ0n) is 11.9. The van der Waals surface area contributed by atoms with Crippen molar-refractivity contribution in [2.75, 3.05) is 0 Å². The average molecular weight is 554 g/mol. The van der Waals surface area contributed by atoms with E-state index in [-0.39, 0.29) is 6.07 Å². The fraction of sp³-hybridized carbons (Fsp3) is 0.500. The first-order valence-corrected chi connectivity index (χ1v) is 7.66. The lowest BCUT2D eigenvalue weighted by molar-refractivity contribution is -0.441. The highest BCUT2D eigenvalue weighted by Crippen LogP contribution is 2.62. The Bertz CT molecular complexity index is 708. The fourth-order valence-electron chi connectivity index (χ4n) is 1.68. The molecule has 0 aliphatic carbocycles. The second-order valence-electron chi connectivity index (χ2n) is 4.99. The van der Waals surface area contributed by atoms with E-state index in [2.05, 4.69) is 31.9 Å². The summed E-state index contributed by atoms with van der Waals surface area (Å²) < 4.78 is 168. The first-order valence-electron chi connectivity index (χ1n) is 6.07. The zero-order chi connectivity index (χ0) is 21.9. The SMILES string of the molecule is FC(F)(F)C(F)(F)C(F)(F)C(F)(F)C(F)(F)C(F)(F)c1cc(Br)ccc1Br. The molecule has 0 nitrogen and oxygen atoms in total. The molecule has 0 aliphatic heterocycles. The maximum Gasteiger partial charge on any atom is 0.460 e. The van der Waals surface area contributed by atoms with E-state index in [1.165, 1.54) is 0 Å². The summed E-state index contributed by atoms with van der Waals surface area (Å²) >= 11 is 4.75. The molecule has 0 unspecified atom stereocenters. The molecule has 0 saturated heterocycles. The minimum atomic E-state index is -7.91. The van der Waals surface area contributed by atoms with Crippen molar-refractivity contribution in [2.24, 2.45) is 0 Å². The topological polar surface area (TPSA) is 0 Å². The van der Waals surface area contributed by atoms with Crippen LogP contribution in [-0.4, -0.2) is 29.9 Å². The summed E-state index contributed by atoms with van der Waals surface area (Å²) in [6.45, 7) is 0. The van der Waals surface area contributed by atoms with E-state index in [1.807, 2.05) is 0 Å². The Morgan fingerprint density at radius 1 is 0.556 bits per heavy atom. The summed E-state index contributed by atoms with van der Waals surface area (Å²) in [4.78, 5) is 0. The minimum Gasteiger partial charge on any atom is -0.194 e. The van der Waals surface area contributed by atoms with Crippen LogP contribution >= 0.6 is 31.9 Å². The third-order valence-corrected chi connectivity index (χ3v) is 4.38. The molecule has 0 heterocycles. The van der Waals surface area contributed by atoms with Crippen molar-refractivity contribution in [3.8, 4) is 0 Å². The number of hydrogen-bond acceptors (Lipinski definition) is 0. The Hall–Kier alpha value is -0.730. The Kier molecular flexibility index (Phi) is 6.00. The first-order chi connectivity index (χ1) is 11.7. The summed E-state index contributed by atoms with van der Waals surface area (Å²) in [5, 5.41) is 0. The summed E-state index contributed by atoms with van der Waals surface area (Å²) in [5.74, 6) is -37.1. The van der Waals surface area contributed by atoms with E-state index in [0.717, 1.165) is 6.07 Å². The van der Waals surface area contributed by atoms with Crippen molar-refractivity contribution < 1.29 is 57.1 Å². The molecule has 15 heteroatoms. The van der Waals surface area contributed by atoms with Crippen molar-refractivity contribution in [3.63, 3.8) is 0 Å². The van der Waals surface area contributed by atoms with Crippen LogP contribution in [0.15, 0.2) is 27.1 Å². The van der Waals surface area contributed by atoms with Crippen LogP contribution in [0.1, 0.15) is 5.56 Å². The van der Waals surface area contributed by atoms with Gasteiger partial charge in [-0.2, -0.15) is 57.1 Å². The Balaban J connectivity index is 3.66. The van der Waals surface area contributed by atoms with E-state index >= 15 is 0 Å². The zero-order valence-corrected chi connectivity index (χ0v) is 15.1. The normalized spacial score (nSPS) is 15.2. The fourth-order valence-corrected chi connectivity index (χ4v) is 2.53. The Labute approximate surface area is 158 Å². The van der Waals surface area contributed by atoms with E-state index in [9.17, 15) is 57.1 Å². The minimum absolute atomic E-state index is 0.0636. The number of hydrogen-bond donors (Lipinski definition) is 0. The molecule has 0 N–H and O–H groups in total. The van der Waals surface area contributed by atoms with Gasteiger partial charge in [0.25, 0.3) is 0 Å². The van der Waals surface area contributed by atoms with Gasteiger partial charge < -0.3 is 0 Å². The van der Waals surface area contributed by atoms with Gasteiger partial charge in [-0.3, -0.25) is 0 Å². The molecule has 0 fully saturated rings. The van der Waals surface area contributed by atoms with Crippen LogP contribution in [-0.2, 0) is 5.92 Å². The monoisotopic (exact) mass is 552 g/mol. The molecule has 0 radical (unpaired) electrons. The molecular weight excluding hydrogens is 551 g/mol. The van der Waals surface area contributed by atoms with Crippen molar-refractivity contribution >= 4 is 31.9 Å². The second-order valence-corrected chi connectivity index (χ2v) is 6.76. The third-order valence-electron chi connectivity index (χ3n) is 3.20. The van der Waals surface area contributed by atoms with Crippen LogP contribution in [0.2, 0.25) is 0 Å². The largest absolute Gasteiger partial charge is 0.460 e. The lowest BCUT2D eigenvalue weighted by Crippen LogP contribution is -2.69. The molecule has 1 rings (SSSR count). The lowest BCUT2D eigenvalue weighted by atomic mass is 9.90. The highest BCUT2D eigenvalue weighted by Gasteiger charge is 2.90. The molecule has 1 aromatic rings. The number of benzene rings is 1. The van der Waals surface area contributed by atoms with E-state index < -0.39 is 50.3 Å². The van der Waals surface area contributed by atoms with E-state index in [4.69, 9.17) is 0 Å². The van der Waals surface area contributed by atoms with Gasteiger partial charge in [0, 0.05) is 14.5 Å². The highest BCUT2D eigenvalue weighted by molar-refractivity contribution is 9.11. The van der Waals surface area contributed by atoms with Gasteiger partial charge in [0.2, 0.25) is 0 Å². The maximum atomic E-state index is 13.9. The van der Waals surface area contributed by atoms with Gasteiger partial charge >= 0.3 is 35.8 Å². The van der Waals surface area contributed by atoms with Crippen molar-refractivity contribution in [1.82, 2.24) is 0 Å². The van der Waals surface area contributed by atoms with E-state index in [1.54, 1.807) is 0 Å². The summed E-state index contributed by atoms with van der Waals surface area (Å²) in [6, 6.07) is 1.57. The van der Waals surface area contributed by atoms with Crippen LogP contribution < -0.4 is 0 Å². The molecule has 0 amide bonds. The second kappa shape index (κ2) is 6.66. The maximum absolute atomic E-state index is 13.9. The predicted octanol–water partition coefficient (Wildman–Crippen LogP) is 7.41. The Morgan fingerprint density at radius 3 is 1.37 bits per heavy atom. The number of rotatable bonds is 5. The summed E-state index contributed by atoms with van der Waals surface area (Å²) in [6.07, 6.45) is -7.43. The van der Waals surface area contributed by atoms with Crippen LogP contribution in [0.4, 0.5) is 57.1 Å². The molecular formula is C12H3Br2F13. The van der Waals surface area contributed by atoms with Gasteiger partial charge in [-0.25, -0.2) is 0 Å². The van der Waals surface area contributed by atoms with Gasteiger partial charge in [-0.1, -0.05) is 31.9 Å². The van der Waals surface area contributed by atoms with E-state index in [0.29, 0.717) is 6.07 Å². The van der Waals surface area contributed by atoms with Gasteiger partial charge in [0.15, 0.2) is 0 Å². The molecule has 0 aliphatic rings. The average Bonchev–Trinajstić information content (AvgIpc) is 2.47. The third kappa shape index (κ3) is 3.42. The number of alkyl halides is 13. The van der Waals surface area contributed by atoms with Crippen LogP contribution in [0.5, 0.6) is 0 Å². The summed E-state index contributed by atoms with van der Waals surface area (Å²) in [7, 11) is 0. The number of halogens is 15. The standard InChI is InChI=1S/C12H3Br2F13/c13-4-1-2-6(14)5(3-4)7(15,16)8(17,18)9(19,20)10(21,22)11(23,24)12(25,26)27/h1-3H. The molecule has 0 spiro atoms. The molecule has 156 valence electrons. The van der Waals surface area contributed by atoms with Gasteiger partial charge in [-0.05, 0) is 18.2 Å². The quantitative estimate of drug-likeness (QED) is 0.333. The van der Waals surface area contributed by atoms with Crippen molar-refractivity contribution in [2.45, 2.75) is 35.8 Å². The first kappa shape index (κ1) is 24.3. The van der Waals surface area contributed by atoms with Crippen LogP contribution in [0.3, 0.4) is 0 Å². The molecule has 0 bridgehead atoms. The van der Waals surface area contributed by atoms with Crippen LogP contribution in [0.25, 0.3) is 0 Å². The molecule has 27 heavy (non-hydrogen) atoms. The highest BCUT2D eigenvalue weighted by atomic mass is 79.9. The summed E-state index contributed by atoms with van der Waals surface area (Å²) in [5.41, 5.74) is -2.06. The van der Waals surface area contributed by atoms with Crippen molar-refractivity contribution in [3.05, 3.63) is 32.7 Å². The Morgan fingerprint density at radius 2 is 0.963 bits per heavy atom. The van der Waals surface area contributed by atoms with Gasteiger partial charge in [0.05, 0.1) is 0 Å². The van der Waals surface area contributed by atoms with Gasteiger partial charge in [0.1, 0.15) is 0 Å². The molecule has 0 aromatic heterocycles. The predicted molar refractivity (Wildman–Crippen MR) is 71.6 cm³/mol. The van der Waals surface area contributed by atoms with Crippen LogP contribution in [0, 0.1) is 0 Å². The molecule has 1 aromatic carbocycles. The van der Waals surface area contributed by atoms with Crippen molar-refractivity contribution in [1.29, 1.82) is 0 Å². The molecule has 0 atom stereocenters. The lowest BCUT2D eigenvalue weighted by Gasteiger charge is -2.40. The molecule has 0 saturated carbocycles. The van der Waals surface area contributed by atoms with Gasteiger partial charge in [-0.15, -0.1) is 0 Å².